The molecule has 1 aromatic carbocycles. The molecular weight excluding hydrogens is 272 g/mol. The molecule has 3 rings (SSSR count). The van der Waals surface area contributed by atoms with Crippen LogP contribution in [0.15, 0.2) is 16.7 Å². The normalized spacial score (nSPS) is 19.2. The van der Waals surface area contributed by atoms with Gasteiger partial charge in [0, 0.05) is 6.07 Å². The minimum Gasteiger partial charge on any atom is -0.396 e. The van der Waals surface area contributed by atoms with Crippen molar-refractivity contribution < 1.29 is 22.8 Å². The quantitative estimate of drug-likeness (QED) is 0.844. The first-order valence-corrected chi connectivity index (χ1v) is 5.93. The van der Waals surface area contributed by atoms with Crippen molar-refractivity contribution in [1.82, 2.24) is 10.1 Å². The number of nitrogen functional groups attached to an aromatic ring is 1. The maximum Gasteiger partial charge on any atom is 0.261 e. The van der Waals surface area contributed by atoms with Crippen LogP contribution in [0.25, 0.3) is 11.5 Å². The average Bonchev–Trinajstić information content (AvgIpc) is 2.93. The zero-order valence-corrected chi connectivity index (χ0v) is 10.3. The van der Waals surface area contributed by atoms with Crippen LogP contribution >= 0.6 is 0 Å². The predicted molar refractivity (Wildman–Crippen MR) is 63.6 cm³/mol. The Morgan fingerprint density at radius 3 is 2.80 bits per heavy atom. The van der Waals surface area contributed by atoms with Crippen LogP contribution < -0.4 is 5.73 Å². The van der Waals surface area contributed by atoms with E-state index in [0.717, 1.165) is 6.07 Å². The summed E-state index contributed by atoms with van der Waals surface area (Å²) in [6.45, 7) is 1.23. The maximum atomic E-state index is 13.7. The lowest BCUT2D eigenvalue weighted by Crippen LogP contribution is -2.22. The van der Waals surface area contributed by atoms with Gasteiger partial charge in [0.15, 0.2) is 0 Å². The number of aromatic nitrogens is 2. The number of nitrogens with zero attached hydrogens (tertiary/aromatic N) is 2. The number of ether oxygens (including phenoxy) is 2. The molecule has 6 nitrogen and oxygen atoms in total. The van der Waals surface area contributed by atoms with Crippen molar-refractivity contribution in [2.45, 2.75) is 6.10 Å². The fraction of sp³-hybridized carbons (Fsp3) is 0.333. The van der Waals surface area contributed by atoms with E-state index in [1.54, 1.807) is 0 Å². The molecular formula is C12H11F2N3O3. The zero-order valence-electron chi connectivity index (χ0n) is 10.3. The van der Waals surface area contributed by atoms with E-state index in [2.05, 4.69) is 10.1 Å². The molecule has 2 aromatic rings. The third-order valence-electron chi connectivity index (χ3n) is 2.86. The molecule has 1 aromatic heterocycles. The molecule has 1 unspecified atom stereocenters. The van der Waals surface area contributed by atoms with E-state index >= 15 is 0 Å². The van der Waals surface area contributed by atoms with E-state index < -0.39 is 17.7 Å². The van der Waals surface area contributed by atoms with Crippen molar-refractivity contribution in [3.05, 3.63) is 29.6 Å². The number of nitrogens with two attached hydrogens (primary N) is 1. The summed E-state index contributed by atoms with van der Waals surface area (Å²) in [4.78, 5) is 4.03. The van der Waals surface area contributed by atoms with Crippen molar-refractivity contribution >= 4 is 5.69 Å². The maximum absolute atomic E-state index is 13.7. The monoisotopic (exact) mass is 283 g/mol. The molecule has 0 spiro atoms. The molecule has 0 amide bonds. The van der Waals surface area contributed by atoms with Crippen molar-refractivity contribution in [3.8, 4) is 11.5 Å². The number of anilines is 1. The molecule has 8 heteroatoms. The van der Waals surface area contributed by atoms with Gasteiger partial charge >= 0.3 is 0 Å². The zero-order chi connectivity index (χ0) is 14.1. The van der Waals surface area contributed by atoms with Gasteiger partial charge in [-0.05, 0) is 6.07 Å². The first-order chi connectivity index (χ1) is 9.65. The summed E-state index contributed by atoms with van der Waals surface area (Å²) in [6.07, 6.45) is -0.456. The first kappa shape index (κ1) is 12.9. The number of hydrogen-bond donors (Lipinski definition) is 1. The Bertz CT molecular complexity index is 626. The highest BCUT2D eigenvalue weighted by Gasteiger charge is 2.24. The van der Waals surface area contributed by atoms with Crippen LogP contribution in [0.2, 0.25) is 0 Å². The second-order valence-electron chi connectivity index (χ2n) is 4.25. The number of benzene rings is 1. The first-order valence-electron chi connectivity index (χ1n) is 5.93. The third-order valence-corrected chi connectivity index (χ3v) is 2.86. The summed E-state index contributed by atoms with van der Waals surface area (Å²) in [5.41, 5.74) is 5.15. The Hall–Kier alpha value is -2.06. The van der Waals surface area contributed by atoms with E-state index in [1.165, 1.54) is 0 Å². The minimum atomic E-state index is -0.838. The van der Waals surface area contributed by atoms with Crippen LogP contribution in [0.4, 0.5) is 14.5 Å². The lowest BCUT2D eigenvalue weighted by Gasteiger charge is -2.19. The highest BCUT2D eigenvalue weighted by atomic mass is 19.1. The molecule has 20 heavy (non-hydrogen) atoms. The van der Waals surface area contributed by atoms with Crippen molar-refractivity contribution in [1.29, 1.82) is 0 Å². The van der Waals surface area contributed by atoms with Gasteiger partial charge in [0.05, 0.1) is 31.1 Å². The van der Waals surface area contributed by atoms with Crippen molar-refractivity contribution in [2.24, 2.45) is 0 Å². The summed E-state index contributed by atoms with van der Waals surface area (Å²) < 4.78 is 42.4. The van der Waals surface area contributed by atoms with E-state index in [9.17, 15) is 8.78 Å². The molecule has 0 saturated carbocycles. The van der Waals surface area contributed by atoms with Crippen LogP contribution in [0, 0.1) is 11.6 Å². The van der Waals surface area contributed by atoms with Gasteiger partial charge in [-0.1, -0.05) is 5.16 Å². The standard InChI is InChI=1S/C12H11F2N3O3/c13-7-4-8(14)9(15)3-6(7)12-16-11(17-20-12)10-5-18-1-2-19-10/h3-4,10H,1-2,5,15H2. The number of rotatable bonds is 2. The molecule has 1 atom stereocenters. The van der Waals surface area contributed by atoms with Gasteiger partial charge < -0.3 is 19.7 Å². The van der Waals surface area contributed by atoms with Gasteiger partial charge in [-0.15, -0.1) is 0 Å². The van der Waals surface area contributed by atoms with Crippen molar-refractivity contribution in [3.63, 3.8) is 0 Å². The largest absolute Gasteiger partial charge is 0.396 e. The summed E-state index contributed by atoms with van der Waals surface area (Å²) in [5.74, 6) is -1.50. The minimum absolute atomic E-state index is 0.0561. The summed E-state index contributed by atoms with van der Waals surface area (Å²) in [6, 6.07) is 1.79. The van der Waals surface area contributed by atoms with Gasteiger partial charge in [-0.25, -0.2) is 8.78 Å². The van der Waals surface area contributed by atoms with Crippen LogP contribution in [0.3, 0.4) is 0 Å². The van der Waals surface area contributed by atoms with Crippen LogP contribution in [-0.4, -0.2) is 30.0 Å². The number of halogens is 2. The SMILES string of the molecule is Nc1cc(-c2nc(C3COCCO3)no2)c(F)cc1F. The van der Waals surface area contributed by atoms with Gasteiger partial charge in [0.25, 0.3) is 5.89 Å². The fourth-order valence-electron chi connectivity index (χ4n) is 1.84. The molecule has 1 aliphatic rings. The molecule has 1 fully saturated rings. The summed E-state index contributed by atoms with van der Waals surface area (Å²) in [5, 5.41) is 3.72. The van der Waals surface area contributed by atoms with Crippen LogP contribution in [-0.2, 0) is 9.47 Å². The van der Waals surface area contributed by atoms with E-state index in [1.807, 2.05) is 0 Å². The Kier molecular flexibility index (Phi) is 3.33. The Labute approximate surface area is 112 Å². The Morgan fingerprint density at radius 2 is 2.05 bits per heavy atom. The van der Waals surface area contributed by atoms with E-state index in [-0.39, 0.29) is 23.0 Å². The van der Waals surface area contributed by atoms with Gasteiger partial charge in [-0.2, -0.15) is 4.98 Å². The Morgan fingerprint density at radius 1 is 1.20 bits per heavy atom. The molecule has 106 valence electrons. The predicted octanol–water partition coefficient (Wildman–Crippen LogP) is 1.68. The lowest BCUT2D eigenvalue weighted by molar-refractivity contribution is -0.0941. The van der Waals surface area contributed by atoms with Gasteiger partial charge in [0.1, 0.15) is 17.7 Å². The van der Waals surface area contributed by atoms with Gasteiger partial charge in [0.2, 0.25) is 5.82 Å². The molecule has 2 N–H and O–H groups in total. The van der Waals surface area contributed by atoms with E-state index in [4.69, 9.17) is 19.7 Å². The fourth-order valence-corrected chi connectivity index (χ4v) is 1.84. The van der Waals surface area contributed by atoms with Gasteiger partial charge in [-0.3, -0.25) is 0 Å². The smallest absolute Gasteiger partial charge is 0.261 e. The molecule has 1 saturated heterocycles. The molecule has 0 bridgehead atoms. The molecule has 1 aliphatic heterocycles. The topological polar surface area (TPSA) is 83.4 Å². The Balaban J connectivity index is 1.91. The summed E-state index contributed by atoms with van der Waals surface area (Å²) in [7, 11) is 0. The molecule has 2 heterocycles. The summed E-state index contributed by atoms with van der Waals surface area (Å²) >= 11 is 0. The lowest BCUT2D eigenvalue weighted by atomic mass is 10.2. The van der Waals surface area contributed by atoms with Crippen molar-refractivity contribution in [2.75, 3.05) is 25.6 Å². The molecule has 0 radical (unpaired) electrons. The van der Waals surface area contributed by atoms with Crippen LogP contribution in [0.1, 0.15) is 11.9 Å². The second kappa shape index (κ2) is 5.14. The van der Waals surface area contributed by atoms with Crippen LogP contribution in [0.5, 0.6) is 0 Å². The van der Waals surface area contributed by atoms with E-state index in [0.29, 0.717) is 25.9 Å². The highest BCUT2D eigenvalue weighted by Crippen LogP contribution is 2.27. The average molecular weight is 283 g/mol. The second-order valence-corrected chi connectivity index (χ2v) is 4.25. The number of hydrogen-bond acceptors (Lipinski definition) is 6. The highest BCUT2D eigenvalue weighted by molar-refractivity contribution is 5.61. The third kappa shape index (κ3) is 2.35. The molecule has 0 aliphatic carbocycles.